The first-order chi connectivity index (χ1) is 11.9. The summed E-state index contributed by atoms with van der Waals surface area (Å²) in [6.45, 7) is 5.46. The van der Waals surface area contributed by atoms with Crippen LogP contribution in [0.25, 0.3) is 10.9 Å². The zero-order chi connectivity index (χ0) is 17.9. The molecule has 1 saturated heterocycles. The highest BCUT2D eigenvalue weighted by Crippen LogP contribution is 2.40. The smallest absolute Gasteiger partial charge is 0.274 e. The van der Waals surface area contributed by atoms with Gasteiger partial charge in [-0.1, -0.05) is 0 Å². The lowest BCUT2D eigenvalue weighted by atomic mass is 10.0. The third kappa shape index (κ3) is 2.95. The predicted octanol–water partition coefficient (Wildman–Crippen LogP) is 2.96. The van der Waals surface area contributed by atoms with Crippen molar-refractivity contribution in [3.63, 3.8) is 0 Å². The van der Waals surface area contributed by atoms with Crippen LogP contribution in [0.15, 0.2) is 16.9 Å². The summed E-state index contributed by atoms with van der Waals surface area (Å²) < 4.78 is 16.7. The maximum absolute atomic E-state index is 14.9. The van der Waals surface area contributed by atoms with Gasteiger partial charge in [-0.15, -0.1) is 12.4 Å². The first kappa shape index (κ1) is 19.0. The Kier molecular flexibility index (Phi) is 4.92. The van der Waals surface area contributed by atoms with Gasteiger partial charge in [0.05, 0.1) is 16.9 Å². The molecule has 142 valence electrons. The van der Waals surface area contributed by atoms with Gasteiger partial charge in [-0.25, -0.2) is 4.39 Å². The number of aryl methyl sites for hydroxylation is 1. The molecule has 0 bridgehead atoms. The number of halogens is 2. The molecule has 4 N–H and O–H groups in total. The van der Waals surface area contributed by atoms with Gasteiger partial charge in [0.1, 0.15) is 5.82 Å². The van der Waals surface area contributed by atoms with Crippen molar-refractivity contribution in [1.82, 2.24) is 4.57 Å². The van der Waals surface area contributed by atoms with Crippen LogP contribution in [-0.4, -0.2) is 23.7 Å². The lowest BCUT2D eigenvalue weighted by molar-refractivity contribution is 0.487. The molecule has 7 heteroatoms. The Morgan fingerprint density at radius 1 is 1.27 bits per heavy atom. The fourth-order valence-corrected chi connectivity index (χ4v) is 4.17. The Bertz CT molecular complexity index is 907. The molecular formula is C19H26ClFN4O. The largest absolute Gasteiger partial charge is 0.394 e. The standard InChI is InChI=1S/C19H25FN4O.ClH/c1-10-17-13(8-16(22)19(25)24(17)14-3-4-14)7-15(20)18(10)23-6-5-12(9-23)11(2)21;/h7-8,11-12,14H,3-6,9,21-22H2,1-2H3;1H/t11-,12+;/m0./s1. The molecule has 0 spiro atoms. The summed E-state index contributed by atoms with van der Waals surface area (Å²) in [5.41, 5.74) is 14.2. The number of benzene rings is 1. The molecule has 0 unspecified atom stereocenters. The Morgan fingerprint density at radius 2 is 1.96 bits per heavy atom. The van der Waals surface area contributed by atoms with Crippen molar-refractivity contribution >= 4 is 34.7 Å². The van der Waals surface area contributed by atoms with Crippen molar-refractivity contribution in [2.75, 3.05) is 23.7 Å². The van der Waals surface area contributed by atoms with Gasteiger partial charge in [-0.05, 0) is 56.7 Å². The normalized spacial score (nSPS) is 21.1. The van der Waals surface area contributed by atoms with Gasteiger partial charge < -0.3 is 20.9 Å². The van der Waals surface area contributed by atoms with Gasteiger partial charge in [0.25, 0.3) is 5.56 Å². The molecule has 2 aliphatic rings. The van der Waals surface area contributed by atoms with Crippen LogP contribution in [0, 0.1) is 18.7 Å². The van der Waals surface area contributed by atoms with E-state index in [0.717, 1.165) is 43.4 Å². The van der Waals surface area contributed by atoms with E-state index in [1.165, 1.54) is 6.07 Å². The average molecular weight is 381 g/mol. The van der Waals surface area contributed by atoms with Crippen molar-refractivity contribution in [3.8, 4) is 0 Å². The second-order valence-electron chi connectivity index (χ2n) is 7.63. The van der Waals surface area contributed by atoms with Gasteiger partial charge in [-0.3, -0.25) is 4.79 Å². The van der Waals surface area contributed by atoms with E-state index in [4.69, 9.17) is 11.5 Å². The number of nitrogen functional groups attached to an aromatic ring is 1. The van der Waals surface area contributed by atoms with E-state index < -0.39 is 0 Å². The van der Waals surface area contributed by atoms with Crippen LogP contribution in [0.5, 0.6) is 0 Å². The van der Waals surface area contributed by atoms with E-state index >= 15 is 0 Å². The first-order valence-electron chi connectivity index (χ1n) is 9.02. The van der Waals surface area contributed by atoms with Crippen LogP contribution in [0.3, 0.4) is 0 Å². The van der Waals surface area contributed by atoms with Crippen molar-refractivity contribution < 1.29 is 4.39 Å². The minimum absolute atomic E-state index is 0. The molecule has 4 rings (SSSR count). The van der Waals surface area contributed by atoms with Crippen LogP contribution < -0.4 is 21.9 Å². The minimum atomic E-state index is -0.254. The lowest BCUT2D eigenvalue weighted by Gasteiger charge is -2.25. The number of hydrogen-bond acceptors (Lipinski definition) is 4. The molecule has 2 atom stereocenters. The van der Waals surface area contributed by atoms with Gasteiger partial charge >= 0.3 is 0 Å². The third-order valence-corrected chi connectivity index (χ3v) is 5.71. The van der Waals surface area contributed by atoms with Crippen LogP contribution >= 0.6 is 12.4 Å². The van der Waals surface area contributed by atoms with E-state index in [2.05, 4.69) is 4.90 Å². The van der Waals surface area contributed by atoms with E-state index in [1.54, 1.807) is 10.6 Å². The van der Waals surface area contributed by atoms with Crippen molar-refractivity contribution in [2.45, 2.75) is 45.2 Å². The van der Waals surface area contributed by atoms with E-state index in [0.29, 0.717) is 17.0 Å². The maximum atomic E-state index is 14.9. The Hall–Kier alpha value is -1.79. The van der Waals surface area contributed by atoms with E-state index in [-0.39, 0.29) is 41.6 Å². The Labute approximate surface area is 158 Å². The van der Waals surface area contributed by atoms with Gasteiger partial charge in [0, 0.05) is 30.6 Å². The van der Waals surface area contributed by atoms with Gasteiger partial charge in [-0.2, -0.15) is 0 Å². The Morgan fingerprint density at radius 3 is 2.54 bits per heavy atom. The Balaban J connectivity index is 0.00000196. The predicted molar refractivity (Wildman–Crippen MR) is 107 cm³/mol. The van der Waals surface area contributed by atoms with Crippen molar-refractivity contribution in [1.29, 1.82) is 0 Å². The molecule has 1 saturated carbocycles. The number of nitrogens with two attached hydrogens (primary N) is 2. The van der Waals surface area contributed by atoms with E-state index in [9.17, 15) is 9.18 Å². The fourth-order valence-electron chi connectivity index (χ4n) is 4.17. The highest BCUT2D eigenvalue weighted by molar-refractivity contribution is 5.89. The zero-order valence-electron chi connectivity index (χ0n) is 15.2. The first-order valence-corrected chi connectivity index (χ1v) is 9.02. The SMILES string of the molecule is Cc1c(N2CC[C@@H]([C@H](C)N)C2)c(F)cc2cc(N)c(=O)n(C3CC3)c12.Cl. The number of pyridine rings is 1. The monoisotopic (exact) mass is 380 g/mol. The summed E-state index contributed by atoms with van der Waals surface area (Å²) in [5, 5.41) is 0.700. The van der Waals surface area contributed by atoms with Crippen molar-refractivity contribution in [2.24, 2.45) is 11.7 Å². The maximum Gasteiger partial charge on any atom is 0.274 e. The molecule has 5 nitrogen and oxygen atoms in total. The molecule has 0 radical (unpaired) electrons. The molecule has 1 aromatic carbocycles. The van der Waals surface area contributed by atoms with Crippen LogP contribution in [0.1, 0.15) is 37.8 Å². The quantitative estimate of drug-likeness (QED) is 0.858. The highest BCUT2D eigenvalue weighted by atomic mass is 35.5. The second-order valence-corrected chi connectivity index (χ2v) is 7.63. The number of anilines is 2. The summed E-state index contributed by atoms with van der Waals surface area (Å²) in [5.74, 6) is 0.113. The van der Waals surface area contributed by atoms with Crippen LogP contribution in [-0.2, 0) is 0 Å². The van der Waals surface area contributed by atoms with Crippen LogP contribution in [0.2, 0.25) is 0 Å². The summed E-state index contributed by atoms with van der Waals surface area (Å²) in [6, 6.07) is 3.40. The lowest BCUT2D eigenvalue weighted by Crippen LogP contribution is -2.30. The van der Waals surface area contributed by atoms with Crippen LogP contribution in [0.4, 0.5) is 15.8 Å². The molecule has 1 aliphatic heterocycles. The van der Waals surface area contributed by atoms with Crippen molar-refractivity contribution in [3.05, 3.63) is 33.9 Å². The van der Waals surface area contributed by atoms with Gasteiger partial charge in [0.15, 0.2) is 0 Å². The number of fused-ring (bicyclic) bond motifs is 1. The molecule has 2 aromatic rings. The third-order valence-electron chi connectivity index (χ3n) is 5.71. The van der Waals surface area contributed by atoms with E-state index in [1.807, 2.05) is 13.8 Å². The second kappa shape index (κ2) is 6.74. The number of rotatable bonds is 3. The zero-order valence-corrected chi connectivity index (χ0v) is 16.0. The molecule has 2 heterocycles. The van der Waals surface area contributed by atoms with Gasteiger partial charge in [0.2, 0.25) is 0 Å². The number of aromatic nitrogens is 1. The molecule has 26 heavy (non-hydrogen) atoms. The molecule has 1 aromatic heterocycles. The average Bonchev–Trinajstić information content (AvgIpc) is 3.26. The minimum Gasteiger partial charge on any atom is -0.394 e. The summed E-state index contributed by atoms with van der Waals surface area (Å²) in [6.07, 6.45) is 2.91. The molecule has 1 aliphatic carbocycles. The number of nitrogens with zero attached hydrogens (tertiary/aromatic N) is 2. The summed E-state index contributed by atoms with van der Waals surface area (Å²) in [4.78, 5) is 14.7. The summed E-state index contributed by atoms with van der Waals surface area (Å²) >= 11 is 0. The fraction of sp³-hybridized carbons (Fsp3) is 0.526. The highest BCUT2D eigenvalue weighted by Gasteiger charge is 2.31. The molecule has 2 fully saturated rings. The topological polar surface area (TPSA) is 77.3 Å². The molecular weight excluding hydrogens is 355 g/mol. The molecule has 0 amide bonds. The summed E-state index contributed by atoms with van der Waals surface area (Å²) in [7, 11) is 0. The number of hydrogen-bond donors (Lipinski definition) is 2.